The van der Waals surface area contributed by atoms with Crippen molar-refractivity contribution in [3.05, 3.63) is 71.8 Å². The third-order valence-corrected chi connectivity index (χ3v) is 4.03. The van der Waals surface area contributed by atoms with Crippen molar-refractivity contribution in [2.45, 2.75) is 20.3 Å². The maximum atomic E-state index is 12.2. The quantitative estimate of drug-likeness (QED) is 0.643. The van der Waals surface area contributed by atoms with E-state index in [0.717, 1.165) is 18.1 Å². The van der Waals surface area contributed by atoms with Crippen LogP contribution in [-0.2, 0) is 6.42 Å². The average Bonchev–Trinajstić information content (AvgIpc) is 3.19. The molecule has 1 amide bonds. The molecule has 1 aromatic carbocycles. The topological polar surface area (TPSA) is 71.8 Å². The molecule has 0 aliphatic heterocycles. The maximum absolute atomic E-state index is 12.2. The molecule has 3 aromatic rings. The molecule has 134 valence electrons. The Labute approximate surface area is 153 Å². The van der Waals surface area contributed by atoms with Gasteiger partial charge in [-0.25, -0.2) is 9.97 Å². The lowest BCUT2D eigenvalue weighted by Gasteiger charge is -2.10. The standard InChI is InChI=1S/C20H23N5O/c1-3-16-6-8-17(9-7-16)20(26)22-11-10-21-18-14-19(24-15(2)23-18)25-12-4-5-13-25/h4-9,12-14H,3,10-11H2,1-2H3,(H,22,26)(H,21,23,24). The Kier molecular flexibility index (Phi) is 5.63. The average molecular weight is 349 g/mol. The van der Waals surface area contributed by atoms with Gasteiger partial charge in [-0.15, -0.1) is 0 Å². The number of hydrogen-bond acceptors (Lipinski definition) is 4. The number of carbonyl (C=O) groups is 1. The van der Waals surface area contributed by atoms with Crippen LogP contribution in [-0.4, -0.2) is 33.5 Å². The number of carbonyl (C=O) groups excluding carboxylic acids is 1. The number of aromatic nitrogens is 3. The lowest BCUT2D eigenvalue weighted by molar-refractivity contribution is 0.0955. The van der Waals surface area contributed by atoms with Crippen molar-refractivity contribution in [3.63, 3.8) is 0 Å². The Balaban J connectivity index is 1.52. The van der Waals surface area contributed by atoms with Gasteiger partial charge in [-0.05, 0) is 43.2 Å². The smallest absolute Gasteiger partial charge is 0.251 e. The molecule has 2 heterocycles. The van der Waals surface area contributed by atoms with Crippen molar-refractivity contribution in [1.29, 1.82) is 0 Å². The molecule has 0 atom stereocenters. The zero-order valence-electron chi connectivity index (χ0n) is 15.1. The largest absolute Gasteiger partial charge is 0.368 e. The van der Waals surface area contributed by atoms with Gasteiger partial charge >= 0.3 is 0 Å². The summed E-state index contributed by atoms with van der Waals surface area (Å²) in [7, 11) is 0. The van der Waals surface area contributed by atoms with Gasteiger partial charge in [0.2, 0.25) is 0 Å². The van der Waals surface area contributed by atoms with E-state index >= 15 is 0 Å². The number of amides is 1. The normalized spacial score (nSPS) is 10.5. The molecule has 0 bridgehead atoms. The minimum absolute atomic E-state index is 0.0682. The lowest BCUT2D eigenvalue weighted by Crippen LogP contribution is -2.29. The van der Waals surface area contributed by atoms with E-state index in [4.69, 9.17) is 0 Å². The van der Waals surface area contributed by atoms with E-state index in [0.29, 0.717) is 24.5 Å². The summed E-state index contributed by atoms with van der Waals surface area (Å²) in [6.07, 6.45) is 4.85. The van der Waals surface area contributed by atoms with Crippen molar-refractivity contribution in [1.82, 2.24) is 19.9 Å². The first-order valence-corrected chi connectivity index (χ1v) is 8.76. The Morgan fingerprint density at radius 1 is 1.08 bits per heavy atom. The highest BCUT2D eigenvalue weighted by Gasteiger charge is 2.06. The van der Waals surface area contributed by atoms with Crippen LogP contribution in [0.15, 0.2) is 54.9 Å². The number of benzene rings is 1. The van der Waals surface area contributed by atoms with Crippen molar-refractivity contribution in [2.24, 2.45) is 0 Å². The predicted molar refractivity (Wildman–Crippen MR) is 103 cm³/mol. The van der Waals surface area contributed by atoms with Crippen LogP contribution in [0.25, 0.3) is 5.82 Å². The minimum Gasteiger partial charge on any atom is -0.368 e. The number of hydrogen-bond donors (Lipinski definition) is 2. The lowest BCUT2D eigenvalue weighted by atomic mass is 10.1. The SMILES string of the molecule is CCc1ccc(C(=O)NCCNc2cc(-n3cccc3)nc(C)n2)cc1. The number of anilines is 1. The van der Waals surface area contributed by atoms with Gasteiger partial charge in [0.25, 0.3) is 5.91 Å². The molecule has 0 saturated carbocycles. The molecule has 0 aliphatic rings. The highest BCUT2D eigenvalue weighted by atomic mass is 16.1. The molecule has 2 N–H and O–H groups in total. The Bertz CT molecular complexity index is 856. The third kappa shape index (κ3) is 4.47. The summed E-state index contributed by atoms with van der Waals surface area (Å²) in [5.74, 6) is 2.17. The van der Waals surface area contributed by atoms with Crippen molar-refractivity contribution >= 4 is 11.7 Å². The molecule has 0 saturated heterocycles. The zero-order valence-corrected chi connectivity index (χ0v) is 15.1. The second-order valence-electron chi connectivity index (χ2n) is 5.98. The van der Waals surface area contributed by atoms with Crippen LogP contribution in [0.4, 0.5) is 5.82 Å². The summed E-state index contributed by atoms with van der Waals surface area (Å²) >= 11 is 0. The van der Waals surface area contributed by atoms with Crippen LogP contribution in [0.2, 0.25) is 0 Å². The molecule has 0 radical (unpaired) electrons. The van der Waals surface area contributed by atoms with Gasteiger partial charge in [-0.1, -0.05) is 19.1 Å². The number of nitrogens with one attached hydrogen (secondary N) is 2. The second-order valence-corrected chi connectivity index (χ2v) is 5.98. The molecular weight excluding hydrogens is 326 g/mol. The molecule has 3 rings (SSSR count). The first-order chi connectivity index (χ1) is 12.7. The molecule has 0 fully saturated rings. The van der Waals surface area contributed by atoms with Gasteiger partial charge in [0.1, 0.15) is 17.5 Å². The summed E-state index contributed by atoms with van der Waals surface area (Å²) < 4.78 is 1.93. The molecule has 0 spiro atoms. The maximum Gasteiger partial charge on any atom is 0.251 e. The zero-order chi connectivity index (χ0) is 18.4. The monoisotopic (exact) mass is 349 g/mol. The summed E-state index contributed by atoms with van der Waals surface area (Å²) in [6, 6.07) is 13.5. The number of aryl methyl sites for hydroxylation is 2. The summed E-state index contributed by atoms with van der Waals surface area (Å²) in [5.41, 5.74) is 1.90. The fourth-order valence-electron chi connectivity index (χ4n) is 2.62. The van der Waals surface area contributed by atoms with Crippen LogP contribution < -0.4 is 10.6 Å². The predicted octanol–water partition coefficient (Wildman–Crippen LogP) is 2.98. The highest BCUT2D eigenvalue weighted by Crippen LogP contribution is 2.11. The van der Waals surface area contributed by atoms with E-state index in [1.54, 1.807) is 0 Å². The first-order valence-electron chi connectivity index (χ1n) is 8.76. The van der Waals surface area contributed by atoms with Gasteiger partial charge in [0.05, 0.1) is 0 Å². The highest BCUT2D eigenvalue weighted by molar-refractivity contribution is 5.94. The van der Waals surface area contributed by atoms with Crippen molar-refractivity contribution < 1.29 is 4.79 Å². The van der Waals surface area contributed by atoms with E-state index in [2.05, 4.69) is 27.5 Å². The number of nitrogens with zero attached hydrogens (tertiary/aromatic N) is 3. The number of rotatable bonds is 7. The van der Waals surface area contributed by atoms with Crippen molar-refractivity contribution in [3.8, 4) is 5.82 Å². The van der Waals surface area contributed by atoms with Crippen LogP contribution in [0, 0.1) is 6.92 Å². The van der Waals surface area contributed by atoms with E-state index in [9.17, 15) is 4.79 Å². The first kappa shape index (κ1) is 17.7. The summed E-state index contributed by atoms with van der Waals surface area (Å²) in [5, 5.41) is 6.15. The molecule has 6 nitrogen and oxygen atoms in total. The Hall–Kier alpha value is -3.15. The molecule has 26 heavy (non-hydrogen) atoms. The van der Waals surface area contributed by atoms with Crippen LogP contribution in [0.5, 0.6) is 0 Å². The van der Waals surface area contributed by atoms with E-state index < -0.39 is 0 Å². The fraction of sp³-hybridized carbons (Fsp3) is 0.250. The van der Waals surface area contributed by atoms with Gasteiger partial charge < -0.3 is 15.2 Å². The van der Waals surface area contributed by atoms with Crippen LogP contribution >= 0.6 is 0 Å². The molecule has 0 unspecified atom stereocenters. The Morgan fingerprint density at radius 2 is 1.81 bits per heavy atom. The molecule has 2 aromatic heterocycles. The van der Waals surface area contributed by atoms with Gasteiger partial charge in [-0.3, -0.25) is 4.79 Å². The Morgan fingerprint density at radius 3 is 2.50 bits per heavy atom. The van der Waals surface area contributed by atoms with E-state index in [1.165, 1.54) is 5.56 Å². The van der Waals surface area contributed by atoms with Gasteiger partial charge in [0.15, 0.2) is 0 Å². The van der Waals surface area contributed by atoms with E-state index in [-0.39, 0.29) is 5.91 Å². The van der Waals surface area contributed by atoms with Crippen LogP contribution in [0.3, 0.4) is 0 Å². The third-order valence-electron chi connectivity index (χ3n) is 4.03. The second kappa shape index (κ2) is 8.29. The fourth-order valence-corrected chi connectivity index (χ4v) is 2.62. The molecule has 0 aliphatic carbocycles. The van der Waals surface area contributed by atoms with E-state index in [1.807, 2.05) is 66.3 Å². The van der Waals surface area contributed by atoms with Crippen LogP contribution in [0.1, 0.15) is 28.7 Å². The molecular formula is C20H23N5O. The van der Waals surface area contributed by atoms with Gasteiger partial charge in [0, 0.05) is 37.1 Å². The van der Waals surface area contributed by atoms with Gasteiger partial charge in [-0.2, -0.15) is 0 Å². The summed E-state index contributed by atoms with van der Waals surface area (Å²) in [6.45, 7) is 5.05. The van der Waals surface area contributed by atoms with Crippen molar-refractivity contribution in [2.75, 3.05) is 18.4 Å². The molecule has 6 heteroatoms. The minimum atomic E-state index is -0.0682. The summed E-state index contributed by atoms with van der Waals surface area (Å²) in [4.78, 5) is 21.0.